The van der Waals surface area contributed by atoms with Gasteiger partial charge in [-0.2, -0.15) is 15.6 Å². The minimum atomic E-state index is -0.257. The Labute approximate surface area is 111 Å². The van der Waals surface area contributed by atoms with E-state index in [4.69, 9.17) is 10.5 Å². The highest BCUT2D eigenvalue weighted by Crippen LogP contribution is 2.16. The number of anilines is 1. The number of carbonyl (C=O) groups is 1. The number of rotatable bonds is 4. The molecule has 1 aromatic carbocycles. The van der Waals surface area contributed by atoms with Crippen LogP contribution in [-0.4, -0.2) is 18.2 Å². The van der Waals surface area contributed by atoms with Gasteiger partial charge in [0.05, 0.1) is 5.69 Å². The quantitative estimate of drug-likeness (QED) is 0.629. The molecule has 0 saturated heterocycles. The van der Waals surface area contributed by atoms with Crippen molar-refractivity contribution in [3.05, 3.63) is 29.3 Å². The fourth-order valence-electron chi connectivity index (χ4n) is 1.38. The summed E-state index contributed by atoms with van der Waals surface area (Å²) < 4.78 is 0. The minimum absolute atomic E-state index is 0.143. The molecule has 0 heterocycles. The first-order chi connectivity index (χ1) is 9.12. The fourth-order valence-corrected chi connectivity index (χ4v) is 1.38. The Morgan fingerprint density at radius 1 is 1.37 bits per heavy atom. The van der Waals surface area contributed by atoms with Crippen LogP contribution in [0.4, 0.5) is 5.69 Å². The molecule has 0 aliphatic rings. The van der Waals surface area contributed by atoms with Crippen molar-refractivity contribution in [2.24, 2.45) is 5.10 Å². The summed E-state index contributed by atoms with van der Waals surface area (Å²) >= 11 is 0. The number of amides is 1. The Kier molecular flexibility index (Phi) is 5.06. The summed E-state index contributed by atoms with van der Waals surface area (Å²) in [7, 11) is 0. The van der Waals surface area contributed by atoms with Gasteiger partial charge in [0.25, 0.3) is 5.91 Å². The van der Waals surface area contributed by atoms with Gasteiger partial charge in [0.15, 0.2) is 0 Å². The van der Waals surface area contributed by atoms with Crippen molar-refractivity contribution >= 4 is 17.3 Å². The Bertz CT molecular complexity index is 576. The van der Waals surface area contributed by atoms with E-state index in [0.717, 1.165) is 5.56 Å². The molecule has 1 amide bonds. The van der Waals surface area contributed by atoms with Gasteiger partial charge >= 0.3 is 0 Å². The zero-order chi connectivity index (χ0) is 14.3. The molecule has 0 spiro atoms. The maximum absolute atomic E-state index is 11.6. The lowest BCUT2D eigenvalue weighted by Crippen LogP contribution is -2.22. The van der Waals surface area contributed by atoms with E-state index in [9.17, 15) is 4.79 Å². The van der Waals surface area contributed by atoms with E-state index in [-0.39, 0.29) is 11.6 Å². The van der Waals surface area contributed by atoms with Crippen molar-refractivity contribution in [3.8, 4) is 12.1 Å². The lowest BCUT2D eigenvalue weighted by molar-refractivity contribution is 0.0956. The van der Waals surface area contributed by atoms with Gasteiger partial charge in [0, 0.05) is 12.1 Å². The highest BCUT2D eigenvalue weighted by Gasteiger charge is 2.06. The first kappa shape index (κ1) is 14.2. The topological polar surface area (TPSA) is 101 Å². The Balaban J connectivity index is 2.91. The van der Waals surface area contributed by atoms with Gasteiger partial charge in [-0.3, -0.25) is 10.2 Å². The van der Waals surface area contributed by atoms with Gasteiger partial charge in [0.1, 0.15) is 12.1 Å². The molecule has 0 aliphatic heterocycles. The molecule has 0 unspecified atom stereocenters. The highest BCUT2D eigenvalue weighted by molar-refractivity contribution is 6.10. The summed E-state index contributed by atoms with van der Waals surface area (Å²) in [5, 5.41) is 23.5. The van der Waals surface area contributed by atoms with Crippen LogP contribution in [0.5, 0.6) is 0 Å². The van der Waals surface area contributed by atoms with Gasteiger partial charge in [-0.1, -0.05) is 0 Å². The predicted molar refractivity (Wildman–Crippen MR) is 71.5 cm³/mol. The van der Waals surface area contributed by atoms with Gasteiger partial charge in [0.2, 0.25) is 5.71 Å². The van der Waals surface area contributed by atoms with Crippen LogP contribution in [0, 0.1) is 29.6 Å². The van der Waals surface area contributed by atoms with E-state index in [1.165, 1.54) is 0 Å². The van der Waals surface area contributed by atoms with Crippen LogP contribution < -0.4 is 10.7 Å². The molecule has 96 valence electrons. The monoisotopic (exact) mass is 255 g/mol. The van der Waals surface area contributed by atoms with Crippen molar-refractivity contribution in [2.75, 3.05) is 12.0 Å². The molecule has 0 aliphatic carbocycles. The van der Waals surface area contributed by atoms with Crippen molar-refractivity contribution in [2.45, 2.75) is 13.8 Å². The lowest BCUT2D eigenvalue weighted by Gasteiger charge is -2.07. The largest absolute Gasteiger partial charge is 0.352 e. The molecule has 1 rings (SSSR count). The van der Waals surface area contributed by atoms with Crippen molar-refractivity contribution in [3.63, 3.8) is 0 Å². The number of nitriles is 2. The first-order valence-corrected chi connectivity index (χ1v) is 5.65. The molecule has 0 atom stereocenters. The van der Waals surface area contributed by atoms with Crippen LogP contribution in [0.15, 0.2) is 23.3 Å². The molecule has 6 nitrogen and oxygen atoms in total. The summed E-state index contributed by atoms with van der Waals surface area (Å²) in [6.07, 6.45) is 0. The average molecular weight is 255 g/mol. The number of benzene rings is 1. The summed E-state index contributed by atoms with van der Waals surface area (Å²) in [5.74, 6) is -0.143. The van der Waals surface area contributed by atoms with Crippen LogP contribution in [0.3, 0.4) is 0 Å². The fraction of sp³-hybridized carbons (Fsp3) is 0.231. The van der Waals surface area contributed by atoms with Gasteiger partial charge in [-0.25, -0.2) is 0 Å². The molecular weight excluding hydrogens is 242 g/mol. The number of carbonyl (C=O) groups excluding carboxylic acids is 1. The number of hydrazone groups is 1. The number of aryl methyl sites for hydroxylation is 1. The van der Waals surface area contributed by atoms with Gasteiger partial charge in [-0.05, 0) is 37.6 Å². The number of hydrogen-bond donors (Lipinski definition) is 2. The molecule has 0 saturated carbocycles. The summed E-state index contributed by atoms with van der Waals surface area (Å²) in [5.41, 5.74) is 4.35. The molecule has 6 heteroatoms. The van der Waals surface area contributed by atoms with E-state index in [2.05, 4.69) is 15.8 Å². The lowest BCUT2D eigenvalue weighted by atomic mass is 10.1. The van der Waals surface area contributed by atoms with Crippen LogP contribution in [-0.2, 0) is 0 Å². The highest BCUT2D eigenvalue weighted by atomic mass is 16.1. The Morgan fingerprint density at radius 3 is 2.58 bits per heavy atom. The predicted octanol–water partition coefficient (Wildman–Crippen LogP) is 1.56. The third-order valence-corrected chi connectivity index (χ3v) is 2.33. The Hall–Kier alpha value is -2.86. The molecule has 2 N–H and O–H groups in total. The summed E-state index contributed by atoms with van der Waals surface area (Å²) in [4.78, 5) is 11.6. The second-order valence-electron chi connectivity index (χ2n) is 3.68. The summed E-state index contributed by atoms with van der Waals surface area (Å²) in [6.45, 7) is 4.22. The van der Waals surface area contributed by atoms with Gasteiger partial charge < -0.3 is 5.32 Å². The zero-order valence-corrected chi connectivity index (χ0v) is 10.7. The van der Waals surface area contributed by atoms with E-state index < -0.39 is 0 Å². The smallest absolute Gasteiger partial charge is 0.251 e. The maximum atomic E-state index is 11.6. The van der Waals surface area contributed by atoms with Crippen LogP contribution >= 0.6 is 0 Å². The Morgan fingerprint density at radius 2 is 2.05 bits per heavy atom. The normalized spacial score (nSPS) is 8.84. The maximum Gasteiger partial charge on any atom is 0.251 e. The van der Waals surface area contributed by atoms with Crippen LogP contribution in [0.25, 0.3) is 0 Å². The van der Waals surface area contributed by atoms with Crippen molar-refractivity contribution in [1.29, 1.82) is 10.5 Å². The van der Waals surface area contributed by atoms with E-state index >= 15 is 0 Å². The van der Waals surface area contributed by atoms with Crippen LogP contribution in [0.2, 0.25) is 0 Å². The zero-order valence-electron chi connectivity index (χ0n) is 10.7. The van der Waals surface area contributed by atoms with Gasteiger partial charge in [-0.15, -0.1) is 0 Å². The second-order valence-corrected chi connectivity index (χ2v) is 3.68. The molecule has 0 fully saturated rings. The molecule has 1 aromatic rings. The molecular formula is C13H13N5O. The standard InChI is InChI=1S/C13H13N5O/c1-3-16-13(19)10-4-5-12(9(2)6-10)18-17-11(7-14)8-15/h4-6,18H,3H2,1-2H3,(H,16,19). The first-order valence-electron chi connectivity index (χ1n) is 5.65. The number of hydrogen-bond acceptors (Lipinski definition) is 5. The van der Waals surface area contributed by atoms with Crippen molar-refractivity contribution in [1.82, 2.24) is 5.32 Å². The van der Waals surface area contributed by atoms with Crippen molar-refractivity contribution < 1.29 is 4.79 Å². The molecule has 19 heavy (non-hydrogen) atoms. The summed E-state index contributed by atoms with van der Waals surface area (Å²) in [6, 6.07) is 8.33. The van der Waals surface area contributed by atoms with E-state index in [1.54, 1.807) is 37.3 Å². The third kappa shape index (κ3) is 3.83. The number of nitrogens with zero attached hydrogens (tertiary/aromatic N) is 3. The van der Waals surface area contributed by atoms with Crippen LogP contribution in [0.1, 0.15) is 22.8 Å². The average Bonchev–Trinajstić information content (AvgIpc) is 2.41. The van der Waals surface area contributed by atoms with E-state index in [1.807, 2.05) is 6.92 Å². The number of nitrogens with one attached hydrogen (secondary N) is 2. The molecule has 0 radical (unpaired) electrons. The SMILES string of the molecule is CCNC(=O)c1ccc(NN=C(C#N)C#N)c(C)c1. The molecule has 0 bridgehead atoms. The second kappa shape index (κ2) is 6.77. The van der Waals surface area contributed by atoms with E-state index in [0.29, 0.717) is 17.8 Å². The molecule has 0 aromatic heterocycles. The third-order valence-electron chi connectivity index (χ3n) is 2.33. The minimum Gasteiger partial charge on any atom is -0.352 e.